The molecule has 9 nitrogen and oxygen atoms in total. The van der Waals surface area contributed by atoms with Gasteiger partial charge in [0.2, 0.25) is 5.91 Å². The van der Waals surface area contributed by atoms with E-state index in [9.17, 15) is 33.6 Å². The lowest BCUT2D eigenvalue weighted by atomic mass is 9.43. The maximum Gasteiger partial charge on any atom is 0.266 e. The van der Waals surface area contributed by atoms with Crippen molar-refractivity contribution in [3.05, 3.63) is 0 Å². The average molecular weight is 532 g/mol. The third-order valence-corrected chi connectivity index (χ3v) is 11.4. The molecule has 0 bridgehead atoms. The highest BCUT2D eigenvalue weighted by atomic mass is 32.2. The van der Waals surface area contributed by atoms with E-state index in [-0.39, 0.29) is 65.7 Å². The van der Waals surface area contributed by atoms with Gasteiger partial charge in [-0.15, -0.1) is 0 Å². The lowest BCUT2D eigenvalue weighted by Gasteiger charge is -2.63. The van der Waals surface area contributed by atoms with E-state index in [0.29, 0.717) is 25.7 Å². The van der Waals surface area contributed by atoms with E-state index in [1.54, 1.807) is 0 Å². The van der Waals surface area contributed by atoms with Crippen LogP contribution in [0.15, 0.2) is 0 Å². The maximum atomic E-state index is 12.2. The van der Waals surface area contributed by atoms with Crippen LogP contribution in [0.3, 0.4) is 0 Å². The van der Waals surface area contributed by atoms with Gasteiger partial charge in [0.25, 0.3) is 10.1 Å². The standard InChI is InChI=1S/C26H45NO8S/c1-3-26-9-8-15(28)12-19(26)24(31)25(32)23-17-6-5-16(22(17)20(29)13-18(23)26)14(2)4-7-21(30)27-10-11-36(33,34)35/h14-20,22-25,28-29,31-32H,3-13H2,1-2H3,(H,27,30)(H,33,34,35)/t14-,15-,16?,17-,18+,19+,20+,22-,23+,24-,25+,26-/m1/s1. The maximum absolute atomic E-state index is 12.2. The Balaban J connectivity index is 1.44. The lowest BCUT2D eigenvalue weighted by molar-refractivity contribution is -0.233. The van der Waals surface area contributed by atoms with E-state index in [0.717, 1.165) is 25.7 Å². The van der Waals surface area contributed by atoms with Crippen LogP contribution in [0.25, 0.3) is 0 Å². The molecule has 4 rings (SSSR count). The molecule has 1 unspecified atom stereocenters. The van der Waals surface area contributed by atoms with Gasteiger partial charge >= 0.3 is 0 Å². The van der Waals surface area contributed by atoms with Crippen LogP contribution in [0.5, 0.6) is 0 Å². The number of carbonyl (C=O) groups excluding carboxylic acids is 1. The Morgan fingerprint density at radius 1 is 1.03 bits per heavy atom. The van der Waals surface area contributed by atoms with Crippen molar-refractivity contribution in [3.8, 4) is 0 Å². The molecule has 0 aromatic heterocycles. The molecule has 4 saturated carbocycles. The smallest absolute Gasteiger partial charge is 0.266 e. The minimum Gasteiger partial charge on any atom is -0.393 e. The van der Waals surface area contributed by atoms with Gasteiger partial charge < -0.3 is 25.7 Å². The summed E-state index contributed by atoms with van der Waals surface area (Å²) in [5, 5.41) is 46.9. The van der Waals surface area contributed by atoms with E-state index in [1.807, 2.05) is 0 Å². The molecule has 0 aliphatic heterocycles. The first-order valence-electron chi connectivity index (χ1n) is 13.8. The Bertz CT molecular complexity index is 898. The normalized spacial score (nSPS) is 45.3. The third kappa shape index (κ3) is 5.23. The average Bonchev–Trinajstić information content (AvgIpc) is 3.26. The zero-order valence-electron chi connectivity index (χ0n) is 21.5. The first kappa shape index (κ1) is 28.2. The molecule has 6 N–H and O–H groups in total. The lowest BCUT2D eigenvalue weighted by Crippen LogP contribution is -2.65. The van der Waals surface area contributed by atoms with Gasteiger partial charge in [0.15, 0.2) is 0 Å². The Kier molecular flexibility index (Phi) is 8.45. The molecule has 12 atom stereocenters. The number of aliphatic hydroxyl groups is 4. The molecular formula is C26H45NO8S. The van der Waals surface area contributed by atoms with Gasteiger partial charge in [0.1, 0.15) is 0 Å². The Hall–Kier alpha value is -0.780. The van der Waals surface area contributed by atoms with E-state index < -0.39 is 40.3 Å². The fourth-order valence-corrected chi connectivity index (χ4v) is 9.47. The Morgan fingerprint density at radius 3 is 2.42 bits per heavy atom. The van der Waals surface area contributed by atoms with Gasteiger partial charge in [-0.1, -0.05) is 13.8 Å². The van der Waals surface area contributed by atoms with Crippen molar-refractivity contribution >= 4 is 16.0 Å². The minimum atomic E-state index is -4.11. The van der Waals surface area contributed by atoms with Gasteiger partial charge in [0, 0.05) is 13.0 Å². The van der Waals surface area contributed by atoms with Crippen molar-refractivity contribution in [1.82, 2.24) is 5.32 Å². The zero-order valence-corrected chi connectivity index (χ0v) is 22.3. The fraction of sp³-hybridized carbons (Fsp3) is 0.962. The van der Waals surface area contributed by atoms with Crippen molar-refractivity contribution in [2.45, 2.75) is 96.1 Å². The molecule has 1 amide bonds. The molecule has 0 radical (unpaired) electrons. The number of nitrogens with one attached hydrogen (secondary N) is 1. The second-order valence-electron chi connectivity index (χ2n) is 12.2. The molecule has 4 aliphatic rings. The predicted octanol–water partition coefficient (Wildman–Crippen LogP) is 1.34. The van der Waals surface area contributed by atoms with Gasteiger partial charge in [-0.05, 0) is 98.2 Å². The first-order chi connectivity index (χ1) is 16.9. The number of carbonyl (C=O) groups is 1. The number of rotatable bonds is 8. The predicted molar refractivity (Wildman–Crippen MR) is 133 cm³/mol. The fourth-order valence-electron chi connectivity index (χ4n) is 9.11. The SMILES string of the molecule is CC[C@]12CC[C@@H](O)C[C@H]1[C@@H](O)[C@@H](O)[C@H]1[C@@H]3CCC([C@H](C)CCC(=O)NCCS(=O)(=O)O)[C@H]3[C@@H](O)C[C@@H]12. The number of hydrogen-bond donors (Lipinski definition) is 6. The van der Waals surface area contributed by atoms with Gasteiger partial charge in [0.05, 0.1) is 30.2 Å². The molecule has 0 heterocycles. The highest BCUT2D eigenvalue weighted by molar-refractivity contribution is 7.85. The van der Waals surface area contributed by atoms with Crippen LogP contribution in [-0.2, 0) is 14.9 Å². The molecule has 0 saturated heterocycles. The largest absolute Gasteiger partial charge is 0.393 e. The van der Waals surface area contributed by atoms with Crippen LogP contribution in [0, 0.1) is 46.8 Å². The zero-order chi connectivity index (χ0) is 26.4. The summed E-state index contributed by atoms with van der Waals surface area (Å²) in [4.78, 5) is 12.2. The van der Waals surface area contributed by atoms with Crippen molar-refractivity contribution in [1.29, 1.82) is 0 Å². The molecule has 10 heteroatoms. The molecule has 208 valence electrons. The molecule has 0 aromatic carbocycles. The van der Waals surface area contributed by atoms with Crippen molar-refractivity contribution in [2.24, 2.45) is 46.8 Å². The summed E-state index contributed by atoms with van der Waals surface area (Å²) in [7, 11) is -4.11. The molecule has 36 heavy (non-hydrogen) atoms. The van der Waals surface area contributed by atoms with E-state index in [2.05, 4.69) is 19.2 Å². The summed E-state index contributed by atoms with van der Waals surface area (Å²) >= 11 is 0. The van der Waals surface area contributed by atoms with Crippen molar-refractivity contribution in [2.75, 3.05) is 12.3 Å². The summed E-state index contributed by atoms with van der Waals surface area (Å²) in [5.74, 6) is -0.347. The molecule has 0 aromatic rings. The van der Waals surface area contributed by atoms with Crippen LogP contribution in [0.1, 0.15) is 71.6 Å². The number of hydrogen-bond acceptors (Lipinski definition) is 7. The highest BCUT2D eigenvalue weighted by Gasteiger charge is 2.65. The monoisotopic (exact) mass is 531 g/mol. The van der Waals surface area contributed by atoms with Gasteiger partial charge in [-0.2, -0.15) is 8.42 Å². The molecule has 0 spiro atoms. The van der Waals surface area contributed by atoms with Crippen LogP contribution in [0.4, 0.5) is 0 Å². The summed E-state index contributed by atoms with van der Waals surface area (Å²) in [6.07, 6.45) is 3.48. The molecule has 4 fully saturated rings. The van der Waals surface area contributed by atoms with Crippen LogP contribution < -0.4 is 5.32 Å². The van der Waals surface area contributed by atoms with Crippen molar-refractivity contribution in [3.63, 3.8) is 0 Å². The summed E-state index contributed by atoms with van der Waals surface area (Å²) in [6, 6.07) is 0. The minimum absolute atomic E-state index is 0.0188. The van der Waals surface area contributed by atoms with E-state index >= 15 is 0 Å². The number of fused-ring (bicyclic) bond motifs is 5. The summed E-state index contributed by atoms with van der Waals surface area (Å²) < 4.78 is 30.5. The summed E-state index contributed by atoms with van der Waals surface area (Å²) in [5.41, 5.74) is -0.168. The second kappa shape index (κ2) is 10.8. The quantitative estimate of drug-likeness (QED) is 0.255. The van der Waals surface area contributed by atoms with Crippen LogP contribution >= 0.6 is 0 Å². The third-order valence-electron chi connectivity index (χ3n) is 10.7. The molecular weight excluding hydrogens is 486 g/mol. The van der Waals surface area contributed by atoms with Crippen LogP contribution in [0.2, 0.25) is 0 Å². The van der Waals surface area contributed by atoms with Gasteiger partial charge in [-0.3, -0.25) is 9.35 Å². The van der Waals surface area contributed by atoms with Crippen LogP contribution in [-0.4, -0.2) is 76.0 Å². The van der Waals surface area contributed by atoms with Gasteiger partial charge in [-0.25, -0.2) is 0 Å². The second-order valence-corrected chi connectivity index (χ2v) is 13.8. The Labute approximate surface area is 214 Å². The Morgan fingerprint density at radius 2 is 1.75 bits per heavy atom. The molecule has 4 aliphatic carbocycles. The number of aliphatic hydroxyl groups excluding tert-OH is 4. The van der Waals surface area contributed by atoms with E-state index in [1.165, 1.54) is 0 Å². The highest BCUT2D eigenvalue weighted by Crippen LogP contribution is 2.65. The topological polar surface area (TPSA) is 164 Å². The van der Waals surface area contributed by atoms with E-state index in [4.69, 9.17) is 4.55 Å². The number of amides is 1. The summed E-state index contributed by atoms with van der Waals surface area (Å²) in [6.45, 7) is 4.11. The first-order valence-corrected chi connectivity index (χ1v) is 15.4. The van der Waals surface area contributed by atoms with Crippen molar-refractivity contribution < 1.29 is 38.2 Å².